The van der Waals surface area contributed by atoms with Gasteiger partial charge in [-0.05, 0) is 35.2 Å². The third-order valence-electron chi connectivity index (χ3n) is 5.71. The van der Waals surface area contributed by atoms with E-state index in [-0.39, 0.29) is 17.9 Å². The number of carboxylic acids is 1. The first-order valence-electron chi connectivity index (χ1n) is 11.9. The van der Waals surface area contributed by atoms with Gasteiger partial charge in [-0.3, -0.25) is 9.59 Å². The van der Waals surface area contributed by atoms with Crippen LogP contribution < -0.4 is 15.0 Å². The molecule has 4 rings (SSSR count). The number of aromatic amines is 1. The predicted molar refractivity (Wildman–Crippen MR) is 137 cm³/mol. The van der Waals surface area contributed by atoms with Crippen molar-refractivity contribution < 1.29 is 19.4 Å². The summed E-state index contributed by atoms with van der Waals surface area (Å²) in [7, 11) is 0. The van der Waals surface area contributed by atoms with Crippen LogP contribution in [-0.2, 0) is 11.2 Å². The van der Waals surface area contributed by atoms with Crippen LogP contribution in [0, 0.1) is 0 Å². The summed E-state index contributed by atoms with van der Waals surface area (Å²) in [6.07, 6.45) is 0.991. The van der Waals surface area contributed by atoms with E-state index >= 15 is 0 Å². The van der Waals surface area contributed by atoms with E-state index in [1.165, 1.54) is 0 Å². The maximum atomic E-state index is 12.2. The summed E-state index contributed by atoms with van der Waals surface area (Å²) in [6, 6.07) is 29.0. The molecule has 0 saturated carbocycles. The van der Waals surface area contributed by atoms with Gasteiger partial charge in [0.25, 0.3) is 5.56 Å². The van der Waals surface area contributed by atoms with Gasteiger partial charge in [-0.2, -0.15) is 5.10 Å². The maximum Gasteiger partial charge on any atom is 0.303 e. The quantitative estimate of drug-likeness (QED) is 0.280. The maximum absolute atomic E-state index is 12.2. The second-order valence-electron chi connectivity index (χ2n) is 8.32. The van der Waals surface area contributed by atoms with Gasteiger partial charge in [-0.25, -0.2) is 5.10 Å². The molecule has 2 N–H and O–H groups in total. The lowest BCUT2D eigenvalue weighted by Crippen LogP contribution is -2.18. The lowest BCUT2D eigenvalue weighted by atomic mass is 9.86. The zero-order valence-corrected chi connectivity index (χ0v) is 19.8. The Morgan fingerprint density at radius 2 is 1.44 bits per heavy atom. The molecule has 1 heterocycles. The van der Waals surface area contributed by atoms with Crippen LogP contribution in [0.15, 0.2) is 95.8 Å². The number of carbonyl (C=O) groups is 1. The standard InChI is InChI=1S/C29H28N2O5/c32-26-19-23(16-18-36-25-14-7-13-24(20-25)35-17-8-15-27(33)34)29(31-30-26)28(21-9-3-1-4-10-21)22-11-5-2-6-12-22/h1-7,9-14,19-20,28H,8,15-18H2,(H,30,32)(H,33,34). The second kappa shape index (κ2) is 12.4. The lowest BCUT2D eigenvalue weighted by Gasteiger charge is -2.20. The number of benzene rings is 3. The number of hydrogen-bond donors (Lipinski definition) is 2. The molecule has 36 heavy (non-hydrogen) atoms. The molecule has 0 aliphatic carbocycles. The Hall–Kier alpha value is -4.39. The normalized spacial score (nSPS) is 10.8. The van der Waals surface area contributed by atoms with Crippen molar-refractivity contribution in [3.8, 4) is 11.5 Å². The Morgan fingerprint density at radius 3 is 2.06 bits per heavy atom. The summed E-state index contributed by atoms with van der Waals surface area (Å²) in [5.74, 6) is 0.269. The van der Waals surface area contributed by atoms with Gasteiger partial charge in [-0.15, -0.1) is 0 Å². The fraction of sp³-hybridized carbons (Fsp3) is 0.207. The second-order valence-corrected chi connectivity index (χ2v) is 8.32. The van der Waals surface area contributed by atoms with Crippen LogP contribution in [0.3, 0.4) is 0 Å². The van der Waals surface area contributed by atoms with Crippen molar-refractivity contribution in [2.24, 2.45) is 0 Å². The van der Waals surface area contributed by atoms with Gasteiger partial charge in [-0.1, -0.05) is 66.7 Å². The molecule has 1 aromatic heterocycles. The summed E-state index contributed by atoms with van der Waals surface area (Å²) < 4.78 is 11.6. The highest BCUT2D eigenvalue weighted by Crippen LogP contribution is 2.32. The SMILES string of the molecule is O=C(O)CCCOc1cccc(OCCc2cc(=O)[nH]nc2C(c2ccccc2)c2ccccc2)c1. The topological polar surface area (TPSA) is 102 Å². The number of rotatable bonds is 12. The number of aromatic nitrogens is 2. The van der Waals surface area contributed by atoms with Crippen LogP contribution in [-0.4, -0.2) is 34.5 Å². The molecule has 0 amide bonds. The molecule has 0 spiro atoms. The van der Waals surface area contributed by atoms with Gasteiger partial charge in [0, 0.05) is 25.0 Å². The summed E-state index contributed by atoms with van der Waals surface area (Å²) in [5.41, 5.74) is 3.50. The number of nitrogens with one attached hydrogen (secondary N) is 1. The van der Waals surface area contributed by atoms with Gasteiger partial charge in [0.05, 0.1) is 24.8 Å². The number of H-pyrrole nitrogens is 1. The third kappa shape index (κ3) is 6.82. The molecular formula is C29H28N2O5. The van der Waals surface area contributed by atoms with E-state index in [9.17, 15) is 9.59 Å². The molecule has 0 radical (unpaired) electrons. The largest absolute Gasteiger partial charge is 0.493 e. The summed E-state index contributed by atoms with van der Waals surface area (Å²) in [4.78, 5) is 22.8. The fourth-order valence-electron chi connectivity index (χ4n) is 4.05. The van der Waals surface area contributed by atoms with Crippen molar-refractivity contribution in [3.05, 3.63) is 124 Å². The lowest BCUT2D eigenvalue weighted by molar-refractivity contribution is -0.137. The van der Waals surface area contributed by atoms with Gasteiger partial charge in [0.1, 0.15) is 11.5 Å². The van der Waals surface area contributed by atoms with E-state index in [2.05, 4.69) is 34.5 Å². The molecule has 0 unspecified atom stereocenters. The number of aliphatic carboxylic acids is 1. The van der Waals surface area contributed by atoms with Gasteiger partial charge in [0.15, 0.2) is 0 Å². The molecular weight excluding hydrogens is 456 g/mol. The molecule has 0 fully saturated rings. The molecule has 0 aliphatic heterocycles. The van der Waals surface area contributed by atoms with Crippen molar-refractivity contribution in [1.29, 1.82) is 0 Å². The van der Waals surface area contributed by atoms with Crippen molar-refractivity contribution in [2.75, 3.05) is 13.2 Å². The molecule has 3 aromatic carbocycles. The van der Waals surface area contributed by atoms with E-state index in [0.717, 1.165) is 22.4 Å². The Labute approximate surface area is 209 Å². The summed E-state index contributed by atoms with van der Waals surface area (Å²) in [5, 5.41) is 15.8. The fourth-order valence-corrected chi connectivity index (χ4v) is 4.05. The Kier molecular flexibility index (Phi) is 8.48. The van der Waals surface area contributed by atoms with E-state index in [1.807, 2.05) is 48.5 Å². The number of hydrogen-bond acceptors (Lipinski definition) is 5. The van der Waals surface area contributed by atoms with Gasteiger partial charge in [0.2, 0.25) is 0 Å². The van der Waals surface area contributed by atoms with Crippen LogP contribution in [0.4, 0.5) is 0 Å². The zero-order chi connectivity index (χ0) is 25.2. The summed E-state index contributed by atoms with van der Waals surface area (Å²) >= 11 is 0. The first-order chi connectivity index (χ1) is 17.6. The van der Waals surface area contributed by atoms with Crippen LogP contribution in [0.5, 0.6) is 11.5 Å². The van der Waals surface area contributed by atoms with Crippen LogP contribution in [0.25, 0.3) is 0 Å². The van der Waals surface area contributed by atoms with E-state index < -0.39 is 5.97 Å². The first-order valence-corrected chi connectivity index (χ1v) is 11.9. The molecule has 0 saturated heterocycles. The van der Waals surface area contributed by atoms with E-state index in [4.69, 9.17) is 14.6 Å². The molecule has 7 heteroatoms. The van der Waals surface area contributed by atoms with Crippen molar-refractivity contribution in [2.45, 2.75) is 25.2 Å². The minimum absolute atomic E-state index is 0.0652. The Balaban J connectivity index is 1.49. The smallest absolute Gasteiger partial charge is 0.303 e. The number of ether oxygens (including phenoxy) is 2. The molecule has 4 aromatic rings. The van der Waals surface area contributed by atoms with E-state index in [0.29, 0.717) is 37.6 Å². The van der Waals surface area contributed by atoms with Crippen molar-refractivity contribution in [1.82, 2.24) is 10.2 Å². The summed E-state index contributed by atoms with van der Waals surface area (Å²) in [6.45, 7) is 0.662. The average molecular weight is 485 g/mol. The average Bonchev–Trinajstić information content (AvgIpc) is 2.89. The van der Waals surface area contributed by atoms with Crippen molar-refractivity contribution >= 4 is 5.97 Å². The van der Waals surface area contributed by atoms with Crippen molar-refractivity contribution in [3.63, 3.8) is 0 Å². The Bertz CT molecular complexity index is 1280. The predicted octanol–water partition coefficient (Wildman–Crippen LogP) is 4.82. The number of carboxylic acid groups (broad SMARTS) is 1. The minimum Gasteiger partial charge on any atom is -0.493 e. The Morgan fingerprint density at radius 1 is 0.833 bits per heavy atom. The molecule has 0 atom stereocenters. The molecule has 0 bridgehead atoms. The third-order valence-corrected chi connectivity index (χ3v) is 5.71. The monoisotopic (exact) mass is 484 g/mol. The van der Waals surface area contributed by atoms with Gasteiger partial charge >= 0.3 is 5.97 Å². The van der Waals surface area contributed by atoms with Gasteiger partial charge < -0.3 is 14.6 Å². The first kappa shape index (κ1) is 24.7. The van der Waals surface area contributed by atoms with Crippen LogP contribution in [0.1, 0.15) is 41.1 Å². The number of nitrogens with zero attached hydrogens (tertiary/aromatic N) is 1. The minimum atomic E-state index is -0.842. The molecule has 184 valence electrons. The zero-order valence-electron chi connectivity index (χ0n) is 19.8. The van der Waals surface area contributed by atoms with E-state index in [1.54, 1.807) is 18.2 Å². The van der Waals surface area contributed by atoms with Crippen LogP contribution >= 0.6 is 0 Å². The molecule has 0 aliphatic rings. The highest BCUT2D eigenvalue weighted by molar-refractivity contribution is 5.66. The highest BCUT2D eigenvalue weighted by Gasteiger charge is 2.22. The highest BCUT2D eigenvalue weighted by atomic mass is 16.5. The van der Waals surface area contributed by atoms with Crippen LogP contribution in [0.2, 0.25) is 0 Å². The molecule has 7 nitrogen and oxygen atoms in total.